The Morgan fingerprint density at radius 3 is 2.84 bits per heavy atom. The molecule has 0 aliphatic rings. The molecule has 0 atom stereocenters. The zero-order valence-electron chi connectivity index (χ0n) is 9.59. The molecule has 6 heteroatoms. The second kappa shape index (κ2) is 5.46. The van der Waals surface area contributed by atoms with E-state index in [2.05, 4.69) is 0 Å². The lowest BCUT2D eigenvalue weighted by Crippen LogP contribution is -1.96. The van der Waals surface area contributed by atoms with Gasteiger partial charge in [0.1, 0.15) is 24.4 Å². The fourth-order valence-corrected chi connectivity index (χ4v) is 1.64. The van der Waals surface area contributed by atoms with Crippen molar-refractivity contribution in [3.63, 3.8) is 0 Å². The number of hydrogen-bond acceptors (Lipinski definition) is 4. The van der Waals surface area contributed by atoms with E-state index in [4.69, 9.17) is 31.1 Å². The fourth-order valence-electron chi connectivity index (χ4n) is 1.40. The van der Waals surface area contributed by atoms with Gasteiger partial charge in [-0.1, -0.05) is 11.6 Å². The molecule has 0 unspecified atom stereocenters. The summed E-state index contributed by atoms with van der Waals surface area (Å²) in [6.07, 6.45) is 1.14. The van der Waals surface area contributed by atoms with E-state index >= 15 is 0 Å². The topological polar surface area (TPSA) is 83.5 Å². The first-order valence-corrected chi connectivity index (χ1v) is 5.61. The zero-order valence-corrected chi connectivity index (χ0v) is 10.3. The number of nitrogens with zero attached hydrogens (tertiary/aromatic N) is 1. The van der Waals surface area contributed by atoms with E-state index in [-0.39, 0.29) is 12.2 Å². The Kier molecular flexibility index (Phi) is 3.74. The Morgan fingerprint density at radius 2 is 2.26 bits per heavy atom. The minimum atomic E-state index is -1.06. The quantitative estimate of drug-likeness (QED) is 0.928. The summed E-state index contributed by atoms with van der Waals surface area (Å²) < 4.78 is 10.4. The van der Waals surface area contributed by atoms with Crippen LogP contribution in [0.4, 0.5) is 0 Å². The summed E-state index contributed by atoms with van der Waals surface area (Å²) in [4.78, 5) is 10.7. The standard InChI is InChI=1S/C13H8ClNO4/c14-11-3-8(5-15)1-2-12(11)19-7-10-4-9(6-18-10)13(16)17/h1-4,6H,7H2,(H,16,17). The van der Waals surface area contributed by atoms with E-state index in [9.17, 15) is 4.79 Å². The normalized spacial score (nSPS) is 9.89. The van der Waals surface area contributed by atoms with Crippen LogP contribution in [-0.2, 0) is 6.61 Å². The average Bonchev–Trinajstić information content (AvgIpc) is 2.86. The highest BCUT2D eigenvalue weighted by atomic mass is 35.5. The van der Waals surface area contributed by atoms with Crippen LogP contribution in [0.15, 0.2) is 34.9 Å². The second-order valence-electron chi connectivity index (χ2n) is 3.65. The lowest BCUT2D eigenvalue weighted by atomic mass is 10.2. The van der Waals surface area contributed by atoms with E-state index in [1.54, 1.807) is 12.1 Å². The van der Waals surface area contributed by atoms with Gasteiger partial charge < -0.3 is 14.3 Å². The highest BCUT2D eigenvalue weighted by molar-refractivity contribution is 6.32. The van der Waals surface area contributed by atoms with Crippen molar-refractivity contribution in [3.8, 4) is 11.8 Å². The lowest BCUT2D eigenvalue weighted by molar-refractivity contribution is 0.0696. The van der Waals surface area contributed by atoms with Crippen molar-refractivity contribution < 1.29 is 19.1 Å². The molecule has 0 aliphatic carbocycles. The molecule has 1 heterocycles. The van der Waals surface area contributed by atoms with Crippen LogP contribution in [0.3, 0.4) is 0 Å². The van der Waals surface area contributed by atoms with Gasteiger partial charge in [-0.2, -0.15) is 5.26 Å². The third kappa shape index (κ3) is 3.06. The molecule has 96 valence electrons. The van der Waals surface area contributed by atoms with Crippen molar-refractivity contribution in [1.29, 1.82) is 5.26 Å². The number of aromatic carboxylic acids is 1. The lowest BCUT2D eigenvalue weighted by Gasteiger charge is -2.06. The number of halogens is 1. The largest absolute Gasteiger partial charge is 0.484 e. The summed E-state index contributed by atoms with van der Waals surface area (Å²) in [6.45, 7) is 0.0545. The second-order valence-corrected chi connectivity index (χ2v) is 4.06. The van der Waals surface area contributed by atoms with Crippen molar-refractivity contribution in [1.82, 2.24) is 0 Å². The molecule has 0 saturated carbocycles. The van der Waals surface area contributed by atoms with Gasteiger partial charge in [0.15, 0.2) is 0 Å². The predicted molar refractivity (Wildman–Crippen MR) is 66.2 cm³/mol. The molecule has 2 rings (SSSR count). The first-order valence-electron chi connectivity index (χ1n) is 5.23. The number of rotatable bonds is 4. The molecule has 1 aromatic heterocycles. The van der Waals surface area contributed by atoms with Gasteiger partial charge in [-0.25, -0.2) is 4.79 Å². The van der Waals surface area contributed by atoms with Crippen LogP contribution < -0.4 is 4.74 Å². The smallest absolute Gasteiger partial charge is 0.338 e. The highest BCUT2D eigenvalue weighted by Gasteiger charge is 2.09. The molecule has 1 N–H and O–H groups in total. The molecule has 0 spiro atoms. The van der Waals surface area contributed by atoms with E-state index in [1.807, 2.05) is 6.07 Å². The molecule has 0 amide bonds. The molecule has 19 heavy (non-hydrogen) atoms. The van der Waals surface area contributed by atoms with Crippen LogP contribution in [0.5, 0.6) is 5.75 Å². The van der Waals surface area contributed by atoms with Crippen LogP contribution in [0.25, 0.3) is 0 Å². The SMILES string of the molecule is N#Cc1ccc(OCc2cc(C(=O)O)co2)c(Cl)c1. The monoisotopic (exact) mass is 277 g/mol. The summed E-state index contributed by atoms with van der Waals surface area (Å²) in [5, 5.41) is 17.7. The summed E-state index contributed by atoms with van der Waals surface area (Å²) >= 11 is 5.93. The van der Waals surface area contributed by atoms with E-state index in [1.165, 1.54) is 12.1 Å². The van der Waals surface area contributed by atoms with E-state index in [0.29, 0.717) is 22.1 Å². The number of carboxylic acid groups (broad SMARTS) is 1. The minimum absolute atomic E-state index is 0.0545. The maximum Gasteiger partial charge on any atom is 0.338 e. The maximum atomic E-state index is 10.7. The van der Waals surface area contributed by atoms with Gasteiger partial charge in [0.25, 0.3) is 0 Å². The summed E-state index contributed by atoms with van der Waals surface area (Å²) in [6, 6.07) is 7.97. The van der Waals surface area contributed by atoms with Crippen molar-refractivity contribution in [2.75, 3.05) is 0 Å². The number of benzene rings is 1. The maximum absolute atomic E-state index is 10.7. The Bertz CT molecular complexity index is 657. The molecule has 0 radical (unpaired) electrons. The zero-order chi connectivity index (χ0) is 13.8. The average molecular weight is 278 g/mol. The fraction of sp³-hybridized carbons (Fsp3) is 0.0769. The molecule has 0 saturated heterocycles. The van der Waals surface area contributed by atoms with E-state index in [0.717, 1.165) is 6.26 Å². The first kappa shape index (κ1) is 13.0. The predicted octanol–water partition coefficient (Wildman–Crippen LogP) is 3.08. The van der Waals surface area contributed by atoms with Crippen molar-refractivity contribution in [3.05, 3.63) is 52.4 Å². The van der Waals surface area contributed by atoms with Crippen molar-refractivity contribution in [2.45, 2.75) is 6.61 Å². The highest BCUT2D eigenvalue weighted by Crippen LogP contribution is 2.26. The van der Waals surface area contributed by atoms with Crippen molar-refractivity contribution in [2.24, 2.45) is 0 Å². The number of hydrogen-bond donors (Lipinski definition) is 1. The Labute approximate surface area is 113 Å². The van der Waals surface area contributed by atoms with Crippen LogP contribution in [-0.4, -0.2) is 11.1 Å². The van der Waals surface area contributed by atoms with Crippen LogP contribution in [0, 0.1) is 11.3 Å². The van der Waals surface area contributed by atoms with Gasteiger partial charge in [-0.3, -0.25) is 0 Å². The number of nitriles is 1. The Balaban J connectivity index is 2.06. The van der Waals surface area contributed by atoms with E-state index < -0.39 is 5.97 Å². The molecular weight excluding hydrogens is 270 g/mol. The van der Waals surface area contributed by atoms with Crippen LogP contribution in [0.1, 0.15) is 21.7 Å². The Hall–Kier alpha value is -2.45. The van der Waals surface area contributed by atoms with Crippen LogP contribution >= 0.6 is 11.6 Å². The number of ether oxygens (including phenoxy) is 1. The first-order chi connectivity index (χ1) is 9.10. The van der Waals surface area contributed by atoms with Gasteiger partial charge >= 0.3 is 5.97 Å². The van der Waals surface area contributed by atoms with Gasteiger partial charge in [0.05, 0.1) is 22.2 Å². The molecule has 0 fully saturated rings. The molecule has 0 bridgehead atoms. The summed E-state index contributed by atoms with van der Waals surface area (Å²) in [5.41, 5.74) is 0.494. The molecule has 0 aliphatic heterocycles. The van der Waals surface area contributed by atoms with Gasteiger partial charge in [0, 0.05) is 0 Å². The van der Waals surface area contributed by atoms with Crippen LogP contribution in [0.2, 0.25) is 5.02 Å². The molecular formula is C13H8ClNO4. The van der Waals surface area contributed by atoms with Gasteiger partial charge in [-0.05, 0) is 24.3 Å². The third-order valence-corrected chi connectivity index (χ3v) is 2.63. The van der Waals surface area contributed by atoms with Gasteiger partial charge in [0.2, 0.25) is 0 Å². The molecule has 5 nitrogen and oxygen atoms in total. The number of carboxylic acids is 1. The van der Waals surface area contributed by atoms with Crippen molar-refractivity contribution >= 4 is 17.6 Å². The molecule has 1 aromatic carbocycles. The summed E-state index contributed by atoms with van der Waals surface area (Å²) in [7, 11) is 0. The third-order valence-electron chi connectivity index (χ3n) is 2.33. The Morgan fingerprint density at radius 1 is 1.47 bits per heavy atom. The number of carbonyl (C=O) groups is 1. The summed E-state index contributed by atoms with van der Waals surface area (Å²) in [5.74, 6) is -0.293. The minimum Gasteiger partial charge on any atom is -0.484 e. The number of furan rings is 1. The van der Waals surface area contributed by atoms with Gasteiger partial charge in [-0.15, -0.1) is 0 Å². The molecule has 2 aromatic rings.